The van der Waals surface area contributed by atoms with Crippen molar-refractivity contribution in [2.75, 3.05) is 0 Å². The molecule has 4 aliphatic carbocycles. The molecule has 5 nitrogen and oxygen atoms in total. The number of nitrogens with one attached hydrogen (secondary N) is 1. The van der Waals surface area contributed by atoms with Crippen molar-refractivity contribution >= 4 is 5.91 Å². The molecule has 0 aromatic carbocycles. The normalized spacial score (nSPS) is 39.5. The van der Waals surface area contributed by atoms with E-state index in [1.807, 2.05) is 0 Å². The van der Waals surface area contributed by atoms with Gasteiger partial charge in [-0.3, -0.25) is 4.79 Å². The van der Waals surface area contributed by atoms with Crippen LogP contribution < -0.4 is 5.32 Å². The van der Waals surface area contributed by atoms with Gasteiger partial charge in [-0.25, -0.2) is 9.67 Å². The molecular formula is C14H20N4O. The van der Waals surface area contributed by atoms with Crippen molar-refractivity contribution in [2.45, 2.75) is 44.7 Å². The molecule has 5 heteroatoms. The highest BCUT2D eigenvalue weighted by Crippen LogP contribution is 2.53. The third-order valence-corrected chi connectivity index (χ3v) is 5.33. The lowest BCUT2D eigenvalue weighted by Gasteiger charge is -2.54. The van der Waals surface area contributed by atoms with E-state index in [4.69, 9.17) is 0 Å². The van der Waals surface area contributed by atoms with E-state index in [2.05, 4.69) is 15.4 Å². The smallest absolute Gasteiger partial charge is 0.242 e. The van der Waals surface area contributed by atoms with Crippen LogP contribution in [0.2, 0.25) is 0 Å². The molecule has 1 amide bonds. The van der Waals surface area contributed by atoms with Gasteiger partial charge >= 0.3 is 0 Å². The van der Waals surface area contributed by atoms with E-state index in [1.54, 1.807) is 11.0 Å². The number of aromatic nitrogens is 3. The minimum Gasteiger partial charge on any atom is -0.351 e. The fourth-order valence-corrected chi connectivity index (χ4v) is 4.85. The van der Waals surface area contributed by atoms with Crippen LogP contribution >= 0.6 is 0 Å². The second-order valence-corrected chi connectivity index (χ2v) is 6.62. The fourth-order valence-electron chi connectivity index (χ4n) is 4.85. The van der Waals surface area contributed by atoms with Crippen LogP contribution in [0.25, 0.3) is 0 Å². The zero-order valence-corrected chi connectivity index (χ0v) is 11.0. The van der Waals surface area contributed by atoms with Crippen molar-refractivity contribution in [1.29, 1.82) is 0 Å². The van der Waals surface area contributed by atoms with E-state index >= 15 is 0 Å². The van der Waals surface area contributed by atoms with Crippen molar-refractivity contribution in [3.63, 3.8) is 0 Å². The Hall–Kier alpha value is -1.39. The van der Waals surface area contributed by atoms with Gasteiger partial charge in [0.2, 0.25) is 5.91 Å². The summed E-state index contributed by atoms with van der Waals surface area (Å²) in [6, 6.07) is 0.420. The van der Waals surface area contributed by atoms with Crippen LogP contribution in [-0.4, -0.2) is 26.7 Å². The Morgan fingerprint density at radius 1 is 1.16 bits per heavy atom. The number of carbonyl (C=O) groups excluding carboxylic acids is 1. The SMILES string of the molecule is O=C(Cn1cncn1)NC1C2CC3CC(C2)CC1C3. The highest BCUT2D eigenvalue weighted by Gasteiger charge is 2.48. The molecule has 0 spiro atoms. The first-order valence-corrected chi connectivity index (χ1v) is 7.39. The van der Waals surface area contributed by atoms with E-state index in [0.717, 1.165) is 23.7 Å². The number of hydrogen-bond acceptors (Lipinski definition) is 3. The monoisotopic (exact) mass is 260 g/mol. The lowest BCUT2D eigenvalue weighted by atomic mass is 9.54. The number of amides is 1. The molecule has 4 saturated carbocycles. The molecule has 4 aliphatic rings. The van der Waals surface area contributed by atoms with Gasteiger partial charge < -0.3 is 5.32 Å². The van der Waals surface area contributed by atoms with E-state index in [-0.39, 0.29) is 5.91 Å². The summed E-state index contributed by atoms with van der Waals surface area (Å²) in [5, 5.41) is 7.26. The summed E-state index contributed by atoms with van der Waals surface area (Å²) in [6.45, 7) is 0.294. The Labute approximate surface area is 112 Å². The van der Waals surface area contributed by atoms with E-state index < -0.39 is 0 Å². The van der Waals surface area contributed by atoms with E-state index in [9.17, 15) is 4.79 Å². The Balaban J connectivity index is 1.41. The molecule has 0 atom stereocenters. The van der Waals surface area contributed by atoms with Gasteiger partial charge in [-0.1, -0.05) is 0 Å². The van der Waals surface area contributed by atoms with Crippen molar-refractivity contribution in [1.82, 2.24) is 20.1 Å². The molecule has 19 heavy (non-hydrogen) atoms. The van der Waals surface area contributed by atoms with Crippen LogP contribution in [0.15, 0.2) is 12.7 Å². The van der Waals surface area contributed by atoms with Gasteiger partial charge in [0.1, 0.15) is 19.2 Å². The van der Waals surface area contributed by atoms with Crippen LogP contribution in [0.5, 0.6) is 0 Å². The standard InChI is InChI=1S/C14H20N4O/c19-13(6-18-8-15-7-16-18)17-14-11-2-9-1-10(4-11)5-12(14)3-9/h7-12,14H,1-6H2,(H,17,19). The summed E-state index contributed by atoms with van der Waals surface area (Å²) in [7, 11) is 0. The maximum atomic E-state index is 12.1. The van der Waals surface area contributed by atoms with Gasteiger partial charge in [-0.05, 0) is 55.8 Å². The fraction of sp³-hybridized carbons (Fsp3) is 0.786. The van der Waals surface area contributed by atoms with E-state index in [1.165, 1.54) is 38.4 Å². The zero-order chi connectivity index (χ0) is 12.8. The van der Waals surface area contributed by atoms with Crippen LogP contribution in [0.4, 0.5) is 0 Å². The summed E-state index contributed by atoms with van der Waals surface area (Å²) in [5.41, 5.74) is 0. The number of carbonyl (C=O) groups is 1. The Morgan fingerprint density at radius 3 is 2.42 bits per heavy atom. The van der Waals surface area contributed by atoms with Gasteiger partial charge in [0.25, 0.3) is 0 Å². The third-order valence-electron chi connectivity index (χ3n) is 5.33. The Morgan fingerprint density at radius 2 is 1.84 bits per heavy atom. The van der Waals surface area contributed by atoms with Gasteiger partial charge in [-0.15, -0.1) is 0 Å². The molecule has 0 aliphatic heterocycles. The third kappa shape index (κ3) is 2.05. The quantitative estimate of drug-likeness (QED) is 0.889. The first kappa shape index (κ1) is 11.4. The Bertz CT molecular complexity index is 442. The van der Waals surface area contributed by atoms with Crippen molar-refractivity contribution in [2.24, 2.45) is 23.7 Å². The molecule has 0 unspecified atom stereocenters. The van der Waals surface area contributed by atoms with Crippen LogP contribution in [0, 0.1) is 23.7 Å². The number of nitrogens with zero attached hydrogens (tertiary/aromatic N) is 3. The summed E-state index contributed by atoms with van der Waals surface area (Å²) < 4.78 is 1.59. The van der Waals surface area contributed by atoms with Crippen LogP contribution in [0.1, 0.15) is 32.1 Å². The van der Waals surface area contributed by atoms with Gasteiger partial charge in [0.15, 0.2) is 0 Å². The summed E-state index contributed by atoms with van der Waals surface area (Å²) >= 11 is 0. The minimum atomic E-state index is 0.0861. The summed E-state index contributed by atoms with van der Waals surface area (Å²) in [6.07, 6.45) is 9.85. The summed E-state index contributed by atoms with van der Waals surface area (Å²) in [4.78, 5) is 16.0. The van der Waals surface area contributed by atoms with Crippen LogP contribution in [-0.2, 0) is 11.3 Å². The molecule has 4 fully saturated rings. The maximum absolute atomic E-state index is 12.1. The van der Waals surface area contributed by atoms with Crippen molar-refractivity contribution in [3.05, 3.63) is 12.7 Å². The molecule has 0 radical (unpaired) electrons. The minimum absolute atomic E-state index is 0.0861. The van der Waals surface area contributed by atoms with E-state index in [0.29, 0.717) is 12.6 Å². The number of rotatable bonds is 3. The lowest BCUT2D eigenvalue weighted by Crippen LogP contribution is -2.56. The average Bonchev–Trinajstić information content (AvgIpc) is 2.85. The molecular weight excluding hydrogens is 240 g/mol. The molecule has 1 heterocycles. The zero-order valence-electron chi connectivity index (χ0n) is 11.0. The Kier molecular flexibility index (Phi) is 2.60. The average molecular weight is 260 g/mol. The molecule has 1 aromatic rings. The second-order valence-electron chi connectivity index (χ2n) is 6.62. The molecule has 4 bridgehead atoms. The van der Waals surface area contributed by atoms with Gasteiger partial charge in [-0.2, -0.15) is 5.10 Å². The van der Waals surface area contributed by atoms with Crippen molar-refractivity contribution < 1.29 is 4.79 Å². The first-order chi connectivity index (χ1) is 9.28. The first-order valence-electron chi connectivity index (χ1n) is 7.39. The predicted molar refractivity (Wildman–Crippen MR) is 69.0 cm³/mol. The molecule has 1 aromatic heterocycles. The molecule has 102 valence electrons. The maximum Gasteiger partial charge on any atom is 0.242 e. The second kappa shape index (κ2) is 4.32. The molecule has 5 rings (SSSR count). The topological polar surface area (TPSA) is 59.8 Å². The largest absolute Gasteiger partial charge is 0.351 e. The number of hydrogen-bond donors (Lipinski definition) is 1. The predicted octanol–water partition coefficient (Wildman–Crippen LogP) is 1.22. The molecule has 0 saturated heterocycles. The van der Waals surface area contributed by atoms with Gasteiger partial charge in [0, 0.05) is 6.04 Å². The highest BCUT2D eigenvalue weighted by molar-refractivity contribution is 5.76. The van der Waals surface area contributed by atoms with Crippen LogP contribution in [0.3, 0.4) is 0 Å². The summed E-state index contributed by atoms with van der Waals surface area (Å²) in [5.74, 6) is 3.45. The van der Waals surface area contributed by atoms with Crippen molar-refractivity contribution in [3.8, 4) is 0 Å². The lowest BCUT2D eigenvalue weighted by molar-refractivity contribution is -0.125. The van der Waals surface area contributed by atoms with Gasteiger partial charge in [0.05, 0.1) is 0 Å². The highest BCUT2D eigenvalue weighted by atomic mass is 16.2. The molecule has 1 N–H and O–H groups in total.